The molecule has 0 aliphatic carbocycles. The lowest BCUT2D eigenvalue weighted by Crippen LogP contribution is -2.33. The van der Waals surface area contributed by atoms with Gasteiger partial charge in [0.15, 0.2) is 0 Å². The molecule has 1 aliphatic heterocycles. The van der Waals surface area contributed by atoms with Gasteiger partial charge in [-0.15, -0.1) is 11.6 Å². The maximum absolute atomic E-state index is 13.6. The summed E-state index contributed by atoms with van der Waals surface area (Å²) in [5.74, 6) is 1.33. The highest BCUT2D eigenvalue weighted by Gasteiger charge is 2.32. The van der Waals surface area contributed by atoms with Gasteiger partial charge >= 0.3 is 0 Å². The van der Waals surface area contributed by atoms with Crippen LogP contribution in [-0.4, -0.2) is 58.2 Å². The van der Waals surface area contributed by atoms with Crippen molar-refractivity contribution in [1.29, 1.82) is 5.41 Å². The number of ether oxygens (including phenoxy) is 1. The fraction of sp³-hybridized carbons (Fsp3) is 0.407. The van der Waals surface area contributed by atoms with Crippen LogP contribution < -0.4 is 15.4 Å². The largest absolute Gasteiger partial charge is 0.494 e. The number of para-hydroxylation sites is 1. The summed E-state index contributed by atoms with van der Waals surface area (Å²) in [6, 6.07) is 10.8. The number of nitrogens with one attached hydrogen (secondary N) is 3. The Bertz CT molecular complexity index is 1320. The van der Waals surface area contributed by atoms with E-state index in [1.165, 1.54) is 0 Å². The quantitative estimate of drug-likeness (QED) is 0.151. The maximum atomic E-state index is 13.6. The number of aromatic nitrogens is 2. The number of nitrogens with zero attached hydrogens (tertiary/aromatic N) is 3. The molecule has 4 rings (SSSR count). The molecule has 1 aliphatic rings. The molecule has 1 atom stereocenters. The van der Waals surface area contributed by atoms with Gasteiger partial charge < -0.3 is 24.8 Å². The van der Waals surface area contributed by atoms with Gasteiger partial charge in [0.1, 0.15) is 22.9 Å². The summed E-state index contributed by atoms with van der Waals surface area (Å²) >= 11 is 5.72. The van der Waals surface area contributed by atoms with Gasteiger partial charge in [-0.2, -0.15) is 0 Å². The molecule has 0 fully saturated rings. The van der Waals surface area contributed by atoms with Crippen molar-refractivity contribution < 1.29 is 14.3 Å². The molecule has 2 aromatic carbocycles. The lowest BCUT2D eigenvalue weighted by Gasteiger charge is -2.21. The highest BCUT2D eigenvalue weighted by molar-refractivity contribution is 6.27. The number of alkyl halides is 1. The number of rotatable bonds is 11. The molecular weight excluding hydrogens is 492 g/mol. The van der Waals surface area contributed by atoms with Crippen LogP contribution in [0.5, 0.6) is 5.75 Å². The number of carbonyl (C=O) groups excluding carboxylic acids is 2. The topological polar surface area (TPSA) is 112 Å². The van der Waals surface area contributed by atoms with Gasteiger partial charge in [0.2, 0.25) is 0 Å². The number of amides is 2. The molecule has 196 valence electrons. The molecule has 3 N–H and O–H groups in total. The number of hydrogen-bond donors (Lipinski definition) is 3. The molecule has 0 saturated carbocycles. The van der Waals surface area contributed by atoms with Crippen LogP contribution >= 0.6 is 11.6 Å². The third-order valence-electron chi connectivity index (χ3n) is 6.71. The first kappa shape index (κ1) is 26.5. The van der Waals surface area contributed by atoms with E-state index in [0.29, 0.717) is 55.9 Å². The van der Waals surface area contributed by atoms with Crippen LogP contribution in [0, 0.1) is 5.41 Å². The van der Waals surface area contributed by atoms with E-state index in [0.717, 1.165) is 22.4 Å². The Balaban J connectivity index is 1.68. The number of amidine groups is 1. The molecule has 37 heavy (non-hydrogen) atoms. The SMILES string of the molecule is CCN1Cc2cccc(C(=O)N[C@@H](CCCNC(=N)CCl)c3nc4c(OC)cccc4n3CC)c2C1=O. The van der Waals surface area contributed by atoms with Crippen molar-refractivity contribution in [2.45, 2.75) is 45.8 Å². The molecule has 3 aromatic rings. The molecule has 0 unspecified atom stereocenters. The van der Waals surface area contributed by atoms with Gasteiger partial charge in [0.25, 0.3) is 11.8 Å². The van der Waals surface area contributed by atoms with E-state index in [1.54, 1.807) is 18.1 Å². The van der Waals surface area contributed by atoms with Crippen LogP contribution in [-0.2, 0) is 13.1 Å². The summed E-state index contributed by atoms with van der Waals surface area (Å²) in [6.07, 6.45) is 1.24. The van der Waals surface area contributed by atoms with Crippen LogP contribution in [0.2, 0.25) is 0 Å². The van der Waals surface area contributed by atoms with Crippen molar-refractivity contribution in [3.8, 4) is 5.75 Å². The Morgan fingerprint density at radius 3 is 2.70 bits per heavy atom. The number of imidazole rings is 1. The molecule has 0 radical (unpaired) electrons. The second-order valence-electron chi connectivity index (χ2n) is 8.91. The fourth-order valence-electron chi connectivity index (χ4n) is 4.86. The smallest absolute Gasteiger partial charge is 0.255 e. The van der Waals surface area contributed by atoms with Gasteiger partial charge in [-0.25, -0.2) is 4.98 Å². The minimum absolute atomic E-state index is 0.117. The van der Waals surface area contributed by atoms with Gasteiger partial charge in [-0.3, -0.25) is 15.0 Å². The first-order valence-electron chi connectivity index (χ1n) is 12.6. The van der Waals surface area contributed by atoms with Crippen molar-refractivity contribution in [1.82, 2.24) is 25.1 Å². The molecular formula is C27H33ClN6O3. The standard InChI is InChI=1S/C27H33ClN6O3/c1-4-33-16-17-9-6-10-18(23(17)27(33)36)26(35)31-19(11-8-14-30-22(29)15-28)25-32-24-20(34(25)5-2)12-7-13-21(24)37-3/h6-7,9-10,12-13,19H,4-5,8,11,14-16H2,1-3H3,(H2,29,30)(H,31,35)/t19-/m0/s1. The average molecular weight is 525 g/mol. The van der Waals surface area contributed by atoms with Crippen LogP contribution in [0.1, 0.15) is 64.8 Å². The minimum Gasteiger partial charge on any atom is -0.494 e. The third kappa shape index (κ3) is 5.27. The molecule has 0 spiro atoms. The van der Waals surface area contributed by atoms with E-state index in [1.807, 2.05) is 44.2 Å². The maximum Gasteiger partial charge on any atom is 0.255 e. The zero-order chi connectivity index (χ0) is 26.5. The van der Waals surface area contributed by atoms with Crippen molar-refractivity contribution in [2.24, 2.45) is 0 Å². The number of aryl methyl sites for hydroxylation is 1. The van der Waals surface area contributed by atoms with Gasteiger partial charge in [0, 0.05) is 26.2 Å². The van der Waals surface area contributed by atoms with E-state index in [2.05, 4.69) is 15.2 Å². The fourth-order valence-corrected chi connectivity index (χ4v) is 4.96. The predicted molar refractivity (Wildman–Crippen MR) is 145 cm³/mol. The highest BCUT2D eigenvalue weighted by atomic mass is 35.5. The summed E-state index contributed by atoms with van der Waals surface area (Å²) in [4.78, 5) is 33.3. The van der Waals surface area contributed by atoms with E-state index in [-0.39, 0.29) is 23.5 Å². The zero-order valence-corrected chi connectivity index (χ0v) is 22.2. The normalized spacial score (nSPS) is 13.5. The number of carbonyl (C=O) groups is 2. The van der Waals surface area contributed by atoms with Crippen molar-refractivity contribution >= 4 is 40.3 Å². The van der Waals surface area contributed by atoms with E-state index in [4.69, 9.17) is 26.7 Å². The van der Waals surface area contributed by atoms with E-state index in [9.17, 15) is 9.59 Å². The molecule has 10 heteroatoms. The van der Waals surface area contributed by atoms with Gasteiger partial charge in [-0.05, 0) is 50.5 Å². The number of methoxy groups -OCH3 is 1. The first-order chi connectivity index (χ1) is 17.9. The third-order valence-corrected chi connectivity index (χ3v) is 6.97. The Labute approximate surface area is 221 Å². The second-order valence-corrected chi connectivity index (χ2v) is 9.18. The second kappa shape index (κ2) is 11.6. The van der Waals surface area contributed by atoms with Gasteiger partial charge in [-0.1, -0.05) is 18.2 Å². The molecule has 1 aromatic heterocycles. The summed E-state index contributed by atoms with van der Waals surface area (Å²) in [6.45, 7) is 6.27. The van der Waals surface area contributed by atoms with Crippen LogP contribution in [0.3, 0.4) is 0 Å². The summed E-state index contributed by atoms with van der Waals surface area (Å²) in [5, 5.41) is 13.9. The Morgan fingerprint density at radius 1 is 1.22 bits per heavy atom. The van der Waals surface area contributed by atoms with Crippen LogP contribution in [0.15, 0.2) is 36.4 Å². The van der Waals surface area contributed by atoms with Crippen LogP contribution in [0.25, 0.3) is 11.0 Å². The Morgan fingerprint density at radius 2 is 2.00 bits per heavy atom. The van der Waals surface area contributed by atoms with Crippen LogP contribution in [0.4, 0.5) is 0 Å². The molecule has 0 bridgehead atoms. The first-order valence-corrected chi connectivity index (χ1v) is 13.1. The lowest BCUT2D eigenvalue weighted by molar-refractivity contribution is 0.0780. The zero-order valence-electron chi connectivity index (χ0n) is 21.4. The molecule has 2 heterocycles. The van der Waals surface area contributed by atoms with E-state index >= 15 is 0 Å². The van der Waals surface area contributed by atoms with E-state index < -0.39 is 6.04 Å². The van der Waals surface area contributed by atoms with Crippen molar-refractivity contribution in [3.63, 3.8) is 0 Å². The lowest BCUT2D eigenvalue weighted by atomic mass is 10.0. The number of halogens is 1. The Kier molecular flexibility index (Phi) is 8.33. The number of fused-ring (bicyclic) bond motifs is 2. The molecule has 2 amide bonds. The summed E-state index contributed by atoms with van der Waals surface area (Å²) < 4.78 is 7.62. The number of benzene rings is 2. The molecule has 9 nitrogen and oxygen atoms in total. The Hall–Kier alpha value is -3.59. The van der Waals surface area contributed by atoms with Crippen molar-refractivity contribution in [2.75, 3.05) is 26.1 Å². The summed E-state index contributed by atoms with van der Waals surface area (Å²) in [7, 11) is 1.61. The van der Waals surface area contributed by atoms with Crippen molar-refractivity contribution in [3.05, 3.63) is 58.9 Å². The number of hydrogen-bond acceptors (Lipinski definition) is 5. The minimum atomic E-state index is -0.425. The monoisotopic (exact) mass is 524 g/mol. The average Bonchev–Trinajstić information content (AvgIpc) is 3.46. The summed E-state index contributed by atoms with van der Waals surface area (Å²) in [5.41, 5.74) is 3.38. The predicted octanol–water partition coefficient (Wildman–Crippen LogP) is 4.10. The van der Waals surface area contributed by atoms with Gasteiger partial charge in [0.05, 0.1) is 35.7 Å². The highest BCUT2D eigenvalue weighted by Crippen LogP contribution is 2.31. The molecule has 0 saturated heterocycles.